The third-order valence-corrected chi connectivity index (χ3v) is 11.3. The second-order valence-corrected chi connectivity index (χ2v) is 14.5. The monoisotopic (exact) mass is 636 g/mol. The standard InChI is InChI=1S/C50H36/c1-31-22-27-41-44(28-31)48(43-19-11-21-46-49(43)42-17-8-9-20-45(42)50(46,2)3)40-16-7-6-15-39(40)47(41)36-26-24-33-29-35(25-23-34(33)30-36)38-18-10-13-32-12-4-5-14-37(32)38/h4-30H,1-3H3. The number of hydrogen-bond acceptors (Lipinski definition) is 0. The van der Waals surface area contributed by atoms with Crippen molar-refractivity contribution < 1.29 is 0 Å². The lowest BCUT2D eigenvalue weighted by molar-refractivity contribution is 0.660. The Morgan fingerprint density at radius 3 is 1.76 bits per heavy atom. The van der Waals surface area contributed by atoms with Crippen LogP contribution in [0.25, 0.3) is 87.6 Å². The number of fused-ring (bicyclic) bond motifs is 7. The molecule has 9 aromatic rings. The van der Waals surface area contributed by atoms with Crippen LogP contribution in [0.4, 0.5) is 0 Å². The summed E-state index contributed by atoms with van der Waals surface area (Å²) in [4.78, 5) is 0. The smallest absolute Gasteiger partial charge is 0.0159 e. The number of hydrogen-bond donors (Lipinski definition) is 0. The minimum atomic E-state index is -0.0536. The molecule has 10 rings (SSSR count). The van der Waals surface area contributed by atoms with E-state index in [-0.39, 0.29) is 5.41 Å². The molecule has 0 amide bonds. The lowest BCUT2D eigenvalue weighted by Crippen LogP contribution is -2.14. The molecule has 0 saturated heterocycles. The van der Waals surface area contributed by atoms with E-state index in [1.165, 1.54) is 104 Å². The van der Waals surface area contributed by atoms with Crippen molar-refractivity contribution in [2.75, 3.05) is 0 Å². The molecular formula is C50H36. The minimum absolute atomic E-state index is 0.0536. The molecule has 0 aromatic heterocycles. The summed E-state index contributed by atoms with van der Waals surface area (Å²) < 4.78 is 0. The first kappa shape index (κ1) is 29.0. The molecule has 0 radical (unpaired) electrons. The summed E-state index contributed by atoms with van der Waals surface area (Å²) in [5.74, 6) is 0. The van der Waals surface area contributed by atoms with Crippen LogP contribution in [0.5, 0.6) is 0 Å². The first-order valence-electron chi connectivity index (χ1n) is 17.7. The van der Waals surface area contributed by atoms with Gasteiger partial charge >= 0.3 is 0 Å². The van der Waals surface area contributed by atoms with Crippen molar-refractivity contribution in [2.45, 2.75) is 26.2 Å². The van der Waals surface area contributed by atoms with Gasteiger partial charge < -0.3 is 0 Å². The quantitative estimate of drug-likeness (QED) is 0.169. The zero-order valence-electron chi connectivity index (χ0n) is 28.6. The van der Waals surface area contributed by atoms with Crippen molar-refractivity contribution in [1.29, 1.82) is 0 Å². The van der Waals surface area contributed by atoms with E-state index >= 15 is 0 Å². The van der Waals surface area contributed by atoms with Crippen LogP contribution in [0.3, 0.4) is 0 Å². The predicted molar refractivity (Wildman–Crippen MR) is 215 cm³/mol. The van der Waals surface area contributed by atoms with E-state index in [1.807, 2.05) is 0 Å². The Bertz CT molecular complexity index is 2840. The van der Waals surface area contributed by atoms with Crippen LogP contribution in [-0.2, 0) is 5.41 Å². The summed E-state index contributed by atoms with van der Waals surface area (Å²) in [6.45, 7) is 6.96. The van der Waals surface area contributed by atoms with Crippen LogP contribution in [0, 0.1) is 6.92 Å². The maximum atomic E-state index is 2.41. The normalized spacial score (nSPS) is 13.3. The minimum Gasteiger partial charge on any atom is -0.0619 e. The van der Waals surface area contributed by atoms with Crippen molar-refractivity contribution >= 4 is 43.1 Å². The van der Waals surface area contributed by atoms with Gasteiger partial charge in [0, 0.05) is 5.41 Å². The average molecular weight is 637 g/mol. The second kappa shape index (κ2) is 10.8. The van der Waals surface area contributed by atoms with E-state index in [0.717, 1.165) is 0 Å². The lowest BCUT2D eigenvalue weighted by atomic mass is 9.80. The van der Waals surface area contributed by atoms with Gasteiger partial charge in [-0.2, -0.15) is 0 Å². The van der Waals surface area contributed by atoms with Crippen LogP contribution in [0.15, 0.2) is 164 Å². The molecule has 1 aliphatic carbocycles. The summed E-state index contributed by atoms with van der Waals surface area (Å²) in [7, 11) is 0. The maximum Gasteiger partial charge on any atom is 0.0159 e. The molecular weight excluding hydrogens is 601 g/mol. The molecule has 1 aliphatic rings. The number of benzene rings is 9. The highest BCUT2D eigenvalue weighted by atomic mass is 14.4. The third kappa shape index (κ3) is 4.18. The van der Waals surface area contributed by atoms with Gasteiger partial charge in [-0.25, -0.2) is 0 Å². The fraction of sp³-hybridized carbons (Fsp3) is 0.0800. The molecule has 0 bridgehead atoms. The van der Waals surface area contributed by atoms with Crippen molar-refractivity contribution in [2.24, 2.45) is 0 Å². The van der Waals surface area contributed by atoms with Gasteiger partial charge in [-0.1, -0.05) is 171 Å². The summed E-state index contributed by atoms with van der Waals surface area (Å²) in [6.07, 6.45) is 0. The zero-order valence-corrected chi connectivity index (χ0v) is 28.6. The number of rotatable bonds is 3. The fourth-order valence-corrected chi connectivity index (χ4v) is 8.90. The molecule has 0 saturated carbocycles. The van der Waals surface area contributed by atoms with Gasteiger partial charge in [0.15, 0.2) is 0 Å². The summed E-state index contributed by atoms with van der Waals surface area (Å²) in [5, 5.41) is 10.2. The van der Waals surface area contributed by atoms with Crippen LogP contribution in [0.2, 0.25) is 0 Å². The zero-order chi connectivity index (χ0) is 33.6. The molecule has 0 nitrogen and oxygen atoms in total. The van der Waals surface area contributed by atoms with Crippen LogP contribution in [-0.4, -0.2) is 0 Å². The maximum absolute atomic E-state index is 2.41. The highest BCUT2D eigenvalue weighted by Gasteiger charge is 2.37. The first-order chi connectivity index (χ1) is 24.5. The van der Waals surface area contributed by atoms with Crippen molar-refractivity contribution in [3.05, 3.63) is 180 Å². The van der Waals surface area contributed by atoms with Crippen molar-refractivity contribution in [1.82, 2.24) is 0 Å². The number of aryl methyl sites for hydroxylation is 1. The molecule has 0 unspecified atom stereocenters. The summed E-state index contributed by atoms with van der Waals surface area (Å²) >= 11 is 0. The molecule has 0 aliphatic heterocycles. The third-order valence-electron chi connectivity index (χ3n) is 11.3. The van der Waals surface area contributed by atoms with Crippen LogP contribution in [0.1, 0.15) is 30.5 Å². The largest absolute Gasteiger partial charge is 0.0619 e. The topological polar surface area (TPSA) is 0 Å². The van der Waals surface area contributed by atoms with E-state index in [4.69, 9.17) is 0 Å². The molecule has 0 spiro atoms. The highest BCUT2D eigenvalue weighted by molar-refractivity contribution is 6.23. The molecule has 50 heavy (non-hydrogen) atoms. The fourth-order valence-electron chi connectivity index (χ4n) is 8.90. The predicted octanol–water partition coefficient (Wildman–Crippen LogP) is 13.9. The molecule has 0 fully saturated rings. The van der Waals surface area contributed by atoms with E-state index in [9.17, 15) is 0 Å². The van der Waals surface area contributed by atoms with E-state index in [2.05, 4.69) is 185 Å². The van der Waals surface area contributed by atoms with Gasteiger partial charge in [-0.15, -0.1) is 0 Å². The molecule has 0 heteroatoms. The van der Waals surface area contributed by atoms with E-state index in [1.54, 1.807) is 0 Å². The van der Waals surface area contributed by atoms with E-state index < -0.39 is 0 Å². The van der Waals surface area contributed by atoms with Crippen LogP contribution < -0.4 is 0 Å². The Morgan fingerprint density at radius 1 is 0.340 bits per heavy atom. The van der Waals surface area contributed by atoms with Crippen LogP contribution >= 0.6 is 0 Å². The van der Waals surface area contributed by atoms with Gasteiger partial charge in [0.2, 0.25) is 0 Å². The Labute approximate surface area is 293 Å². The summed E-state index contributed by atoms with van der Waals surface area (Å²) in [5.41, 5.74) is 14.5. The van der Waals surface area contributed by atoms with Crippen molar-refractivity contribution in [3.8, 4) is 44.5 Å². The molecule has 0 heterocycles. The van der Waals surface area contributed by atoms with Gasteiger partial charge in [0.1, 0.15) is 0 Å². The Morgan fingerprint density at radius 2 is 0.920 bits per heavy atom. The van der Waals surface area contributed by atoms with Gasteiger partial charge in [0.05, 0.1) is 0 Å². The van der Waals surface area contributed by atoms with Gasteiger partial charge in [-0.05, 0) is 118 Å². The molecule has 0 N–H and O–H groups in total. The summed E-state index contributed by atoms with van der Waals surface area (Å²) in [6, 6.07) is 61.2. The highest BCUT2D eigenvalue weighted by Crippen LogP contribution is 2.54. The van der Waals surface area contributed by atoms with Gasteiger partial charge in [-0.3, -0.25) is 0 Å². The van der Waals surface area contributed by atoms with Crippen molar-refractivity contribution in [3.63, 3.8) is 0 Å². The lowest BCUT2D eigenvalue weighted by Gasteiger charge is -2.23. The van der Waals surface area contributed by atoms with Gasteiger partial charge in [0.25, 0.3) is 0 Å². The SMILES string of the molecule is Cc1ccc2c(-c3ccc4cc(-c5cccc6ccccc56)ccc4c3)c3ccccc3c(-c3cccc4c3-c3ccccc3C4(C)C)c2c1. The average Bonchev–Trinajstić information content (AvgIpc) is 3.39. The Kier molecular flexibility index (Phi) is 6.24. The molecule has 9 aromatic carbocycles. The Hall–Kier alpha value is -5.98. The molecule has 0 atom stereocenters. The molecule has 236 valence electrons. The second-order valence-electron chi connectivity index (χ2n) is 14.5. The van der Waals surface area contributed by atoms with E-state index in [0.29, 0.717) is 0 Å². The Balaban J connectivity index is 1.21. The first-order valence-corrected chi connectivity index (χ1v) is 17.7.